The Morgan fingerprint density at radius 3 is 2.88 bits per heavy atom. The molecule has 0 radical (unpaired) electrons. The van der Waals surface area contributed by atoms with Crippen molar-refractivity contribution in [2.45, 2.75) is 6.42 Å². The molecule has 82 valence electrons. The minimum atomic E-state index is 0.954. The maximum Gasteiger partial charge on any atom is 0.0432 e. The van der Waals surface area contributed by atoms with Crippen molar-refractivity contribution in [2.75, 3.05) is 5.32 Å². The number of thiophene rings is 1. The average molecular weight is 237 g/mol. The molecule has 1 aromatic heterocycles. The number of benzene rings is 2. The number of rotatable bonds is 0. The Balaban J connectivity index is 2.13. The molecule has 2 heteroatoms. The van der Waals surface area contributed by atoms with Crippen LogP contribution in [0.3, 0.4) is 0 Å². The van der Waals surface area contributed by atoms with Gasteiger partial charge in [0.15, 0.2) is 0 Å². The first-order valence-electron chi connectivity index (χ1n) is 5.70. The zero-order valence-corrected chi connectivity index (χ0v) is 10.1. The van der Waals surface area contributed by atoms with Crippen LogP contribution < -0.4 is 5.32 Å². The molecule has 0 fully saturated rings. The fraction of sp³-hybridized carbons (Fsp3) is 0.0667. The summed E-state index contributed by atoms with van der Waals surface area (Å²) in [5, 5.41) is 6.09. The number of nitrogens with one attached hydrogen (secondary N) is 1. The van der Waals surface area contributed by atoms with Gasteiger partial charge in [0.25, 0.3) is 0 Å². The third-order valence-electron chi connectivity index (χ3n) is 3.32. The van der Waals surface area contributed by atoms with E-state index in [1.165, 1.54) is 31.4 Å². The van der Waals surface area contributed by atoms with E-state index in [2.05, 4.69) is 48.3 Å². The van der Waals surface area contributed by atoms with Crippen molar-refractivity contribution >= 4 is 37.2 Å². The zero-order chi connectivity index (χ0) is 11.4. The second kappa shape index (κ2) is 3.11. The largest absolute Gasteiger partial charge is 0.359 e. The molecule has 0 atom stereocenters. The third-order valence-corrected chi connectivity index (χ3v) is 4.45. The van der Waals surface area contributed by atoms with E-state index < -0.39 is 0 Å². The Morgan fingerprint density at radius 1 is 1.06 bits per heavy atom. The predicted octanol–water partition coefficient (Wildman–Crippen LogP) is 4.54. The number of allylic oxidation sites excluding steroid dienone is 1. The van der Waals surface area contributed by atoms with E-state index in [1.54, 1.807) is 0 Å². The first-order chi connectivity index (χ1) is 8.31. The second-order valence-corrected chi connectivity index (χ2v) is 5.59. The maximum absolute atomic E-state index is 4.00. The lowest BCUT2D eigenvalue weighted by molar-refractivity contribution is 1.27. The highest BCUT2D eigenvalue weighted by Crippen LogP contribution is 2.39. The quantitative estimate of drug-likeness (QED) is 0.605. The van der Waals surface area contributed by atoms with Crippen LogP contribution in [0.1, 0.15) is 5.56 Å². The van der Waals surface area contributed by atoms with Crippen LogP contribution in [0.25, 0.3) is 20.2 Å². The third kappa shape index (κ3) is 1.25. The molecule has 0 saturated heterocycles. The van der Waals surface area contributed by atoms with Crippen LogP contribution in [0.5, 0.6) is 0 Å². The number of fused-ring (bicyclic) bond motifs is 4. The van der Waals surface area contributed by atoms with E-state index >= 15 is 0 Å². The van der Waals surface area contributed by atoms with Crippen LogP contribution in [-0.2, 0) is 6.42 Å². The van der Waals surface area contributed by atoms with Gasteiger partial charge >= 0.3 is 0 Å². The molecule has 1 nitrogen and oxygen atoms in total. The highest BCUT2D eigenvalue weighted by molar-refractivity contribution is 7.25. The Kier molecular flexibility index (Phi) is 1.69. The van der Waals surface area contributed by atoms with Crippen molar-refractivity contribution in [3.63, 3.8) is 0 Å². The fourth-order valence-corrected chi connectivity index (χ4v) is 3.67. The second-order valence-electron chi connectivity index (χ2n) is 4.51. The van der Waals surface area contributed by atoms with Crippen molar-refractivity contribution in [3.8, 4) is 0 Å². The Bertz CT molecular complexity index is 767. The van der Waals surface area contributed by atoms with Gasteiger partial charge in [-0.15, -0.1) is 11.3 Å². The van der Waals surface area contributed by atoms with Gasteiger partial charge in [-0.1, -0.05) is 24.8 Å². The molecular formula is C15H11NS. The van der Waals surface area contributed by atoms with E-state index in [4.69, 9.17) is 0 Å². The van der Waals surface area contributed by atoms with Crippen LogP contribution in [0, 0.1) is 0 Å². The van der Waals surface area contributed by atoms with Crippen LogP contribution in [0.15, 0.2) is 48.7 Å². The molecule has 3 aromatic rings. The first kappa shape index (κ1) is 9.25. The topological polar surface area (TPSA) is 12.0 Å². The van der Waals surface area contributed by atoms with E-state index in [0.29, 0.717) is 0 Å². The van der Waals surface area contributed by atoms with Crippen molar-refractivity contribution in [2.24, 2.45) is 0 Å². The maximum atomic E-state index is 4.00. The van der Waals surface area contributed by atoms with Crippen LogP contribution >= 0.6 is 11.3 Å². The predicted molar refractivity (Wildman–Crippen MR) is 75.8 cm³/mol. The standard InChI is InChI=1S/C15H11NS/c1-9-6-10-7-12-11-4-2-3-5-14(11)17-15(12)8-13(10)16-9/h2-5,7-8,16H,1,6H2. The van der Waals surface area contributed by atoms with Crippen molar-refractivity contribution in [1.82, 2.24) is 0 Å². The molecule has 0 aliphatic carbocycles. The van der Waals surface area contributed by atoms with Gasteiger partial charge in [0.1, 0.15) is 0 Å². The molecule has 0 saturated carbocycles. The highest BCUT2D eigenvalue weighted by Gasteiger charge is 2.15. The lowest BCUT2D eigenvalue weighted by Gasteiger charge is -1.99. The molecule has 17 heavy (non-hydrogen) atoms. The minimum absolute atomic E-state index is 0.954. The minimum Gasteiger partial charge on any atom is -0.359 e. The fourth-order valence-electron chi connectivity index (χ4n) is 2.54. The van der Waals surface area contributed by atoms with E-state index in [0.717, 1.165) is 12.1 Å². The van der Waals surface area contributed by atoms with E-state index in [9.17, 15) is 0 Å². The van der Waals surface area contributed by atoms with Gasteiger partial charge in [0.05, 0.1) is 0 Å². The Labute approximate surface area is 103 Å². The molecule has 1 N–H and O–H groups in total. The Morgan fingerprint density at radius 2 is 1.94 bits per heavy atom. The summed E-state index contributed by atoms with van der Waals surface area (Å²) in [6.07, 6.45) is 0.954. The highest BCUT2D eigenvalue weighted by atomic mass is 32.1. The molecule has 1 aliphatic heterocycles. The van der Waals surface area contributed by atoms with Gasteiger partial charge < -0.3 is 5.32 Å². The van der Waals surface area contributed by atoms with Crippen LogP contribution in [0.4, 0.5) is 5.69 Å². The molecule has 2 aromatic carbocycles. The summed E-state index contributed by atoms with van der Waals surface area (Å²) in [5.41, 5.74) is 3.70. The normalized spacial score (nSPS) is 14.2. The lowest BCUT2D eigenvalue weighted by atomic mass is 10.1. The summed E-state index contributed by atoms with van der Waals surface area (Å²) in [6, 6.07) is 13.2. The van der Waals surface area contributed by atoms with E-state index in [1.807, 2.05) is 11.3 Å². The van der Waals surface area contributed by atoms with Gasteiger partial charge in [0, 0.05) is 38.0 Å². The summed E-state index contributed by atoms with van der Waals surface area (Å²) >= 11 is 1.86. The summed E-state index contributed by atoms with van der Waals surface area (Å²) in [5.74, 6) is 0. The average Bonchev–Trinajstić information content (AvgIpc) is 2.84. The van der Waals surface area contributed by atoms with Crippen molar-refractivity contribution < 1.29 is 0 Å². The molecule has 1 aliphatic rings. The summed E-state index contributed by atoms with van der Waals surface area (Å²) in [4.78, 5) is 0. The molecule has 0 unspecified atom stereocenters. The van der Waals surface area contributed by atoms with Gasteiger partial charge in [-0.2, -0.15) is 0 Å². The molecule has 0 bridgehead atoms. The van der Waals surface area contributed by atoms with Crippen LogP contribution in [-0.4, -0.2) is 0 Å². The number of hydrogen-bond donors (Lipinski definition) is 1. The van der Waals surface area contributed by atoms with Gasteiger partial charge in [0.2, 0.25) is 0 Å². The zero-order valence-electron chi connectivity index (χ0n) is 9.29. The van der Waals surface area contributed by atoms with Gasteiger partial charge in [-0.3, -0.25) is 0 Å². The van der Waals surface area contributed by atoms with Crippen LogP contribution in [0.2, 0.25) is 0 Å². The SMILES string of the molecule is C=C1Cc2cc3c(cc2N1)sc1ccccc13. The summed E-state index contributed by atoms with van der Waals surface area (Å²) in [6.45, 7) is 4.00. The van der Waals surface area contributed by atoms with Crippen molar-refractivity contribution in [1.29, 1.82) is 0 Å². The molecule has 0 amide bonds. The molecular weight excluding hydrogens is 226 g/mol. The molecule has 4 rings (SSSR count). The lowest BCUT2D eigenvalue weighted by Crippen LogP contribution is -1.86. The smallest absolute Gasteiger partial charge is 0.0432 e. The number of hydrogen-bond acceptors (Lipinski definition) is 2. The number of anilines is 1. The van der Waals surface area contributed by atoms with Gasteiger partial charge in [-0.05, 0) is 23.8 Å². The molecule has 2 heterocycles. The molecule has 0 spiro atoms. The van der Waals surface area contributed by atoms with Crippen molar-refractivity contribution in [3.05, 3.63) is 54.2 Å². The van der Waals surface area contributed by atoms with Gasteiger partial charge in [-0.25, -0.2) is 0 Å². The summed E-state index contributed by atoms with van der Waals surface area (Å²) < 4.78 is 2.72. The van der Waals surface area contributed by atoms with E-state index in [-0.39, 0.29) is 0 Å². The monoisotopic (exact) mass is 237 g/mol. The first-order valence-corrected chi connectivity index (χ1v) is 6.52. The Hall–Kier alpha value is -1.80. The summed E-state index contributed by atoms with van der Waals surface area (Å²) in [7, 11) is 0.